The minimum atomic E-state index is -1.64. The summed E-state index contributed by atoms with van der Waals surface area (Å²) in [7, 11) is 7.12. The van der Waals surface area contributed by atoms with Crippen molar-refractivity contribution in [1.29, 1.82) is 0 Å². The van der Waals surface area contributed by atoms with Crippen LogP contribution in [-0.4, -0.2) is 199 Å². The maximum absolute atomic E-state index is 14.8. The van der Waals surface area contributed by atoms with Gasteiger partial charge in [0.25, 0.3) is 0 Å². The fourth-order valence-electron chi connectivity index (χ4n) is 12.5. The van der Waals surface area contributed by atoms with Crippen LogP contribution in [0.1, 0.15) is 131 Å². The average molecular weight is 1150 g/mol. The molecule has 450 valence electrons. The summed E-state index contributed by atoms with van der Waals surface area (Å²) in [5, 5.41) is 34.8. The van der Waals surface area contributed by atoms with E-state index in [0.717, 1.165) is 12.8 Å². The van der Waals surface area contributed by atoms with Crippen LogP contribution >= 0.6 is 11.6 Å². The van der Waals surface area contributed by atoms with Gasteiger partial charge in [-0.25, -0.2) is 9.59 Å². The van der Waals surface area contributed by atoms with E-state index in [4.69, 9.17) is 63.7 Å². The van der Waals surface area contributed by atoms with Crippen molar-refractivity contribution in [3.8, 4) is 5.75 Å². The van der Waals surface area contributed by atoms with Gasteiger partial charge in [0.2, 0.25) is 5.43 Å². The number of benzene rings is 1. The van der Waals surface area contributed by atoms with Gasteiger partial charge in [-0.1, -0.05) is 32.4 Å². The Balaban J connectivity index is 1.07. The average Bonchev–Trinajstić information content (AvgIpc) is 4.35. The van der Waals surface area contributed by atoms with Crippen molar-refractivity contribution in [1.82, 2.24) is 14.4 Å². The number of aromatic nitrogens is 1. The molecule has 22 nitrogen and oxygen atoms in total. The van der Waals surface area contributed by atoms with Crippen molar-refractivity contribution in [3.05, 3.63) is 39.1 Å². The standard InChI is InChI=1S/C57H86ClN3O19/c1-15-42-57(10)49(79-54(68)80-57)33(6)60(13)27-29(2)25-55(8,69)48(78-53-46(64)40(59(11)12)22-30(3)73-53)31(4)47(32(5)52(67)75-42)77-44-26-56(9,70-14)50(34(7)74-44)76-43(62)18-19-71-20-21-72-41-23-36-39(24-38(41)58)61(35-16-17-35)28-37(45(36)63)51(65)66/h23-24,28-35,40,42,44,46-50,53,64,69H,15-22,25-27H2,1-14H3,(H,65,66)/t29-,30-,31+,32-,33-,34+,40+,42-,44+,46-,47+,48-,49-,50+,53+,55-,56-,57-/m1/s1. The summed E-state index contributed by atoms with van der Waals surface area (Å²) in [5.41, 5.74) is -4.69. The third-order valence-electron chi connectivity index (χ3n) is 17.1. The zero-order chi connectivity index (χ0) is 58.9. The van der Waals surface area contributed by atoms with E-state index in [0.29, 0.717) is 18.5 Å². The number of hydrogen-bond acceptors (Lipinski definition) is 20. The summed E-state index contributed by atoms with van der Waals surface area (Å²) in [6.45, 7) is 18.4. The normalized spacial score (nSPS) is 37.7. The zero-order valence-corrected chi connectivity index (χ0v) is 49.6. The number of esters is 2. The molecule has 1 saturated carbocycles. The lowest BCUT2D eigenvalue weighted by Crippen LogP contribution is -2.61. The van der Waals surface area contributed by atoms with Gasteiger partial charge < -0.3 is 76.9 Å². The SMILES string of the molecule is CC[C@H]1OC(=O)[C@H](C)[C@@H](O[C@H]2C[C@@](C)(OC)[C@@H](OC(=O)CCOCCOc3cc4c(=O)c(C(=O)O)cn(C5CC5)c4cc3Cl)[C@H](C)O2)[C@H](C)[C@@H](O[C@@H]2O[C@H](C)C[C@H](N(C)C)[C@H]2O)[C@](C)(O)C[C@@H](C)CN(C)[C@H](C)[C@H]2OC(=O)O[C@@]21C. The molecule has 2 aromatic rings. The second-order valence-corrected chi connectivity index (χ2v) is 24.3. The molecule has 5 aliphatic rings. The third-order valence-corrected chi connectivity index (χ3v) is 17.4. The molecule has 80 heavy (non-hydrogen) atoms. The number of fused-ring (bicyclic) bond motifs is 2. The predicted molar refractivity (Wildman–Crippen MR) is 291 cm³/mol. The number of carbonyl (C=O) groups is 4. The number of cyclic esters (lactones) is 1. The van der Waals surface area contributed by atoms with Crippen molar-refractivity contribution < 1.29 is 86.6 Å². The Hall–Kier alpha value is -4.20. The number of rotatable bonds is 17. The second kappa shape index (κ2) is 25.7. The maximum atomic E-state index is 14.8. The van der Waals surface area contributed by atoms with Crippen LogP contribution in [0.25, 0.3) is 10.9 Å². The molecule has 5 heterocycles. The first-order chi connectivity index (χ1) is 37.5. The lowest BCUT2D eigenvalue weighted by atomic mass is 9.77. The third kappa shape index (κ3) is 13.9. The Morgan fingerprint density at radius 1 is 0.938 bits per heavy atom. The van der Waals surface area contributed by atoms with Gasteiger partial charge in [0.05, 0.1) is 71.5 Å². The Labute approximate surface area is 473 Å². The predicted octanol–water partition coefficient (Wildman–Crippen LogP) is 6.12. The van der Waals surface area contributed by atoms with Crippen LogP contribution in [0.15, 0.2) is 23.1 Å². The van der Waals surface area contributed by atoms with Crippen LogP contribution in [-0.2, 0) is 57.0 Å². The highest BCUT2D eigenvalue weighted by molar-refractivity contribution is 6.32. The summed E-state index contributed by atoms with van der Waals surface area (Å²) >= 11 is 6.56. The van der Waals surface area contributed by atoms with Crippen molar-refractivity contribution in [2.45, 2.75) is 211 Å². The molecule has 5 fully saturated rings. The fourth-order valence-corrected chi connectivity index (χ4v) is 12.7. The molecule has 4 saturated heterocycles. The lowest BCUT2D eigenvalue weighted by Gasteiger charge is -2.49. The van der Waals surface area contributed by atoms with E-state index in [1.807, 2.05) is 58.6 Å². The van der Waals surface area contributed by atoms with E-state index in [1.54, 1.807) is 52.2 Å². The van der Waals surface area contributed by atoms with Crippen LogP contribution in [0.3, 0.4) is 0 Å². The zero-order valence-electron chi connectivity index (χ0n) is 48.8. The van der Waals surface area contributed by atoms with Crippen molar-refractivity contribution >= 4 is 46.6 Å². The Morgan fingerprint density at radius 3 is 2.27 bits per heavy atom. The van der Waals surface area contributed by atoms with E-state index in [9.17, 15) is 39.3 Å². The molecule has 23 heteroatoms. The monoisotopic (exact) mass is 1150 g/mol. The van der Waals surface area contributed by atoms with Gasteiger partial charge in [-0.2, -0.15) is 0 Å². The van der Waals surface area contributed by atoms with Crippen LogP contribution in [0.2, 0.25) is 5.02 Å². The lowest BCUT2D eigenvalue weighted by molar-refractivity contribution is -0.318. The van der Waals surface area contributed by atoms with Crippen molar-refractivity contribution in [2.75, 3.05) is 54.6 Å². The Kier molecular flexibility index (Phi) is 20.4. The van der Waals surface area contributed by atoms with Gasteiger partial charge >= 0.3 is 24.1 Å². The number of carboxylic acids is 1. The molecule has 0 bridgehead atoms. The number of halogens is 1. The fraction of sp³-hybridized carbons (Fsp3) is 0.772. The van der Waals surface area contributed by atoms with Crippen molar-refractivity contribution in [2.24, 2.45) is 17.8 Å². The summed E-state index contributed by atoms with van der Waals surface area (Å²) < 4.78 is 70.2. The minimum absolute atomic E-state index is 0.00143. The van der Waals surface area contributed by atoms with Crippen LogP contribution in [0.4, 0.5) is 4.79 Å². The van der Waals surface area contributed by atoms with Crippen molar-refractivity contribution in [3.63, 3.8) is 0 Å². The smallest absolute Gasteiger partial charge is 0.490 e. The molecular formula is C57H86ClN3O19. The number of carboxylic acid groups (broad SMARTS) is 1. The number of methoxy groups -OCH3 is 1. The van der Waals surface area contributed by atoms with E-state index in [1.165, 1.54) is 19.4 Å². The van der Waals surface area contributed by atoms with Crippen LogP contribution in [0, 0.1) is 17.8 Å². The summed E-state index contributed by atoms with van der Waals surface area (Å²) in [4.78, 5) is 70.2. The number of aliphatic hydroxyl groups excluding tert-OH is 1. The molecule has 0 spiro atoms. The molecule has 1 aliphatic carbocycles. The minimum Gasteiger partial charge on any atom is -0.490 e. The van der Waals surface area contributed by atoms with Gasteiger partial charge in [-0.15, -0.1) is 0 Å². The van der Waals surface area contributed by atoms with E-state index >= 15 is 0 Å². The number of aliphatic hydroxyl groups is 2. The highest BCUT2D eigenvalue weighted by Crippen LogP contribution is 2.43. The number of hydrogen-bond donors (Lipinski definition) is 3. The van der Waals surface area contributed by atoms with E-state index < -0.39 is 119 Å². The molecule has 1 aromatic carbocycles. The molecule has 0 amide bonds. The van der Waals surface area contributed by atoms with Gasteiger partial charge in [-0.05, 0) is 120 Å². The first-order valence-electron chi connectivity index (χ1n) is 28.1. The summed E-state index contributed by atoms with van der Waals surface area (Å²) in [6, 6.07) is 2.37. The number of nitrogens with zero attached hydrogens (tertiary/aromatic N) is 3. The molecule has 1 aromatic heterocycles. The topological polar surface area (TPSA) is 259 Å². The van der Waals surface area contributed by atoms with Gasteiger partial charge in [0.1, 0.15) is 35.7 Å². The highest BCUT2D eigenvalue weighted by Gasteiger charge is 2.59. The largest absolute Gasteiger partial charge is 0.509 e. The maximum Gasteiger partial charge on any atom is 0.509 e. The van der Waals surface area contributed by atoms with Gasteiger partial charge in [-0.3, -0.25) is 19.3 Å². The highest BCUT2D eigenvalue weighted by atomic mass is 35.5. The summed E-state index contributed by atoms with van der Waals surface area (Å²) in [6.07, 6.45) is -6.46. The number of likely N-dealkylation sites (N-methyl/N-ethyl adjacent to an activating group) is 2. The van der Waals surface area contributed by atoms with Gasteiger partial charge in [0, 0.05) is 50.3 Å². The Morgan fingerprint density at radius 2 is 1.64 bits per heavy atom. The molecular weight excluding hydrogens is 1070 g/mol. The van der Waals surface area contributed by atoms with Crippen LogP contribution < -0.4 is 10.2 Å². The van der Waals surface area contributed by atoms with E-state index in [2.05, 4.69) is 0 Å². The molecule has 3 N–H and O–H groups in total. The quantitative estimate of drug-likeness (QED) is 0.0915. The van der Waals surface area contributed by atoms with Crippen LogP contribution in [0.5, 0.6) is 5.75 Å². The molecule has 0 unspecified atom stereocenters. The number of aromatic carboxylic acids is 1. The van der Waals surface area contributed by atoms with E-state index in [-0.39, 0.29) is 91.3 Å². The molecule has 18 atom stereocenters. The first kappa shape index (κ1) is 63.4. The number of ether oxygens (including phenoxy) is 11. The molecule has 7 rings (SSSR count). The summed E-state index contributed by atoms with van der Waals surface area (Å²) in [5.74, 6) is -4.57. The Bertz CT molecular complexity index is 2580. The number of pyridine rings is 1. The van der Waals surface area contributed by atoms with Gasteiger partial charge in [0.15, 0.2) is 30.4 Å². The number of carbonyl (C=O) groups excluding carboxylic acids is 3. The molecule has 0 radical (unpaired) electrons. The first-order valence-corrected chi connectivity index (χ1v) is 28.5. The second-order valence-electron chi connectivity index (χ2n) is 23.9. The molecule has 4 aliphatic heterocycles.